The maximum absolute atomic E-state index is 4.67. The number of hydrogen-bond acceptors (Lipinski definition) is 5. The summed E-state index contributed by atoms with van der Waals surface area (Å²) in [5.41, 5.74) is 0. The van der Waals surface area contributed by atoms with Crippen molar-refractivity contribution in [2.24, 2.45) is 0 Å². The zero-order chi connectivity index (χ0) is 13.7. The Morgan fingerprint density at radius 2 is 2.21 bits per heavy atom. The van der Waals surface area contributed by atoms with Crippen LogP contribution in [0.1, 0.15) is 33.6 Å². The van der Waals surface area contributed by atoms with Crippen molar-refractivity contribution in [2.45, 2.75) is 38.4 Å². The summed E-state index contributed by atoms with van der Waals surface area (Å²) >= 11 is 2.05. The second-order valence-electron chi connectivity index (χ2n) is 5.53. The van der Waals surface area contributed by atoms with Gasteiger partial charge in [0.1, 0.15) is 11.6 Å². The van der Waals surface area contributed by atoms with Crippen molar-refractivity contribution >= 4 is 23.4 Å². The predicted molar refractivity (Wildman–Crippen MR) is 84.2 cm³/mol. The molecule has 4 nitrogen and oxygen atoms in total. The fourth-order valence-corrected chi connectivity index (χ4v) is 3.20. The molecule has 1 saturated heterocycles. The molecule has 0 radical (unpaired) electrons. The molecule has 106 valence electrons. The number of nitrogens with one attached hydrogen (secondary N) is 1. The monoisotopic (exact) mass is 280 g/mol. The van der Waals surface area contributed by atoms with Crippen molar-refractivity contribution in [1.82, 2.24) is 9.97 Å². The quantitative estimate of drug-likeness (QED) is 0.918. The average Bonchev–Trinajstić information content (AvgIpc) is 2.58. The fourth-order valence-electron chi connectivity index (χ4n) is 2.10. The standard InChI is InChI=1S/C14H24N4S/c1-4-6-16-12-10-15-11-13(17-12)18-7-5-14(2,3)19-9-8-18/h10-11H,4-9H2,1-3H3,(H,16,17). The van der Waals surface area contributed by atoms with Crippen LogP contribution in [0.2, 0.25) is 0 Å². The smallest absolute Gasteiger partial charge is 0.149 e. The molecular formula is C14H24N4S. The van der Waals surface area contributed by atoms with E-state index in [4.69, 9.17) is 0 Å². The van der Waals surface area contributed by atoms with E-state index >= 15 is 0 Å². The van der Waals surface area contributed by atoms with Gasteiger partial charge in [-0.15, -0.1) is 0 Å². The first-order chi connectivity index (χ1) is 9.11. The Morgan fingerprint density at radius 1 is 1.37 bits per heavy atom. The van der Waals surface area contributed by atoms with Crippen LogP contribution in [0.25, 0.3) is 0 Å². The van der Waals surface area contributed by atoms with Crippen LogP contribution in [0.5, 0.6) is 0 Å². The Morgan fingerprint density at radius 3 is 3.00 bits per heavy atom. The molecule has 0 amide bonds. The molecule has 1 aliphatic heterocycles. The van der Waals surface area contributed by atoms with Crippen LogP contribution in [0.3, 0.4) is 0 Å². The Bertz CT molecular complexity index is 408. The molecule has 0 aliphatic carbocycles. The highest BCUT2D eigenvalue weighted by Gasteiger charge is 2.24. The number of aromatic nitrogens is 2. The first kappa shape index (κ1) is 14.4. The molecule has 0 aromatic carbocycles. The molecule has 0 bridgehead atoms. The second-order valence-corrected chi connectivity index (χ2v) is 7.34. The first-order valence-corrected chi connectivity index (χ1v) is 8.04. The van der Waals surface area contributed by atoms with Crippen LogP contribution >= 0.6 is 11.8 Å². The highest BCUT2D eigenvalue weighted by Crippen LogP contribution is 2.31. The van der Waals surface area contributed by atoms with Crippen LogP contribution in [0.4, 0.5) is 11.6 Å². The molecule has 19 heavy (non-hydrogen) atoms. The third-order valence-corrected chi connectivity index (χ3v) is 4.71. The Hall–Kier alpha value is -0.970. The summed E-state index contributed by atoms with van der Waals surface area (Å²) in [6, 6.07) is 0. The molecule has 0 unspecified atom stereocenters. The summed E-state index contributed by atoms with van der Waals surface area (Å²) in [4.78, 5) is 11.3. The number of hydrogen-bond donors (Lipinski definition) is 1. The zero-order valence-electron chi connectivity index (χ0n) is 12.1. The first-order valence-electron chi connectivity index (χ1n) is 7.05. The van der Waals surface area contributed by atoms with Crippen molar-refractivity contribution in [3.05, 3.63) is 12.4 Å². The molecule has 1 N–H and O–H groups in total. The van der Waals surface area contributed by atoms with E-state index in [0.717, 1.165) is 43.4 Å². The van der Waals surface area contributed by atoms with E-state index in [1.54, 1.807) is 6.20 Å². The average molecular weight is 280 g/mol. The molecule has 2 rings (SSSR count). The summed E-state index contributed by atoms with van der Waals surface area (Å²) in [5, 5.41) is 3.30. The minimum Gasteiger partial charge on any atom is -0.369 e. The summed E-state index contributed by atoms with van der Waals surface area (Å²) in [7, 11) is 0. The molecular weight excluding hydrogens is 256 g/mol. The Balaban J connectivity index is 2.04. The summed E-state index contributed by atoms with van der Waals surface area (Å²) in [5.74, 6) is 3.04. The van der Waals surface area contributed by atoms with Gasteiger partial charge in [0.2, 0.25) is 0 Å². The lowest BCUT2D eigenvalue weighted by Crippen LogP contribution is -2.28. The number of rotatable bonds is 4. The van der Waals surface area contributed by atoms with E-state index in [-0.39, 0.29) is 0 Å². The highest BCUT2D eigenvalue weighted by molar-refractivity contribution is 8.00. The van der Waals surface area contributed by atoms with Gasteiger partial charge >= 0.3 is 0 Å². The minimum absolute atomic E-state index is 0.375. The molecule has 1 aromatic rings. The van der Waals surface area contributed by atoms with E-state index in [0.29, 0.717) is 4.75 Å². The van der Waals surface area contributed by atoms with Crippen molar-refractivity contribution in [3.63, 3.8) is 0 Å². The van der Waals surface area contributed by atoms with Gasteiger partial charge in [0, 0.05) is 30.1 Å². The second kappa shape index (κ2) is 6.46. The third-order valence-electron chi connectivity index (χ3n) is 3.34. The lowest BCUT2D eigenvalue weighted by atomic mass is 10.1. The highest BCUT2D eigenvalue weighted by atomic mass is 32.2. The Labute approximate surface area is 120 Å². The van der Waals surface area contributed by atoms with Gasteiger partial charge in [-0.3, -0.25) is 4.98 Å². The van der Waals surface area contributed by atoms with Gasteiger partial charge < -0.3 is 10.2 Å². The van der Waals surface area contributed by atoms with Gasteiger partial charge in [-0.1, -0.05) is 20.8 Å². The largest absolute Gasteiger partial charge is 0.369 e. The Kier molecular flexibility index (Phi) is 4.91. The number of anilines is 2. The van der Waals surface area contributed by atoms with Gasteiger partial charge in [-0.05, 0) is 12.8 Å². The maximum atomic E-state index is 4.67. The van der Waals surface area contributed by atoms with E-state index in [1.807, 2.05) is 6.20 Å². The third kappa shape index (κ3) is 4.27. The molecule has 0 atom stereocenters. The summed E-state index contributed by atoms with van der Waals surface area (Å²) in [6.07, 6.45) is 5.96. The van der Waals surface area contributed by atoms with E-state index < -0.39 is 0 Å². The predicted octanol–water partition coefficient (Wildman–Crippen LogP) is 3.02. The van der Waals surface area contributed by atoms with Crippen LogP contribution in [-0.2, 0) is 0 Å². The van der Waals surface area contributed by atoms with Gasteiger partial charge in [0.15, 0.2) is 0 Å². The number of nitrogens with zero attached hydrogens (tertiary/aromatic N) is 3. The summed E-state index contributed by atoms with van der Waals surface area (Å²) in [6.45, 7) is 9.86. The summed E-state index contributed by atoms with van der Waals surface area (Å²) < 4.78 is 0.375. The van der Waals surface area contributed by atoms with Crippen molar-refractivity contribution < 1.29 is 0 Å². The maximum Gasteiger partial charge on any atom is 0.149 e. The van der Waals surface area contributed by atoms with Gasteiger partial charge in [-0.2, -0.15) is 11.8 Å². The molecule has 0 spiro atoms. The van der Waals surface area contributed by atoms with Crippen molar-refractivity contribution in [1.29, 1.82) is 0 Å². The van der Waals surface area contributed by atoms with Crippen LogP contribution < -0.4 is 10.2 Å². The lowest BCUT2D eigenvalue weighted by molar-refractivity contribution is 0.634. The van der Waals surface area contributed by atoms with Crippen LogP contribution in [0, 0.1) is 0 Å². The fraction of sp³-hybridized carbons (Fsp3) is 0.714. The van der Waals surface area contributed by atoms with Crippen LogP contribution in [-0.4, -0.2) is 40.1 Å². The van der Waals surface area contributed by atoms with Crippen molar-refractivity contribution in [3.8, 4) is 0 Å². The molecule has 0 saturated carbocycles. The van der Waals surface area contributed by atoms with E-state index in [1.165, 1.54) is 6.42 Å². The van der Waals surface area contributed by atoms with E-state index in [2.05, 4.69) is 52.7 Å². The molecule has 2 heterocycles. The lowest BCUT2D eigenvalue weighted by Gasteiger charge is -2.23. The van der Waals surface area contributed by atoms with Gasteiger partial charge in [0.05, 0.1) is 12.4 Å². The SMILES string of the molecule is CCCNc1cncc(N2CCSC(C)(C)CC2)n1. The van der Waals surface area contributed by atoms with Gasteiger partial charge in [0.25, 0.3) is 0 Å². The molecule has 1 aliphatic rings. The van der Waals surface area contributed by atoms with Gasteiger partial charge in [-0.25, -0.2) is 4.98 Å². The minimum atomic E-state index is 0.375. The topological polar surface area (TPSA) is 41.1 Å². The van der Waals surface area contributed by atoms with Crippen LogP contribution in [0.15, 0.2) is 12.4 Å². The molecule has 1 fully saturated rings. The molecule has 1 aromatic heterocycles. The molecule has 5 heteroatoms. The normalized spacial score (nSPS) is 19.0. The van der Waals surface area contributed by atoms with E-state index in [9.17, 15) is 0 Å². The van der Waals surface area contributed by atoms with Crippen molar-refractivity contribution in [2.75, 3.05) is 35.6 Å². The number of thioether (sulfide) groups is 1. The zero-order valence-corrected chi connectivity index (χ0v) is 13.0.